The molecule has 0 aliphatic heterocycles. The number of hydrogen-bond donors (Lipinski definition) is 0. The van der Waals surface area contributed by atoms with Crippen LogP contribution in [0.15, 0.2) is 40.9 Å². The van der Waals surface area contributed by atoms with Crippen molar-refractivity contribution in [3.8, 4) is 0 Å². The Morgan fingerprint density at radius 1 is 1.05 bits per heavy atom. The summed E-state index contributed by atoms with van der Waals surface area (Å²) in [5.41, 5.74) is 5.24. The molecule has 0 saturated carbocycles. The van der Waals surface area contributed by atoms with Gasteiger partial charge < -0.3 is 0 Å². The molecule has 0 atom stereocenters. The molecule has 2 heteroatoms. The molecule has 0 aromatic heterocycles. The molecule has 0 N–H and O–H groups in total. The van der Waals surface area contributed by atoms with E-state index in [1.807, 2.05) is 38.1 Å². The summed E-state index contributed by atoms with van der Waals surface area (Å²) < 4.78 is 1.01. The fourth-order valence-corrected chi connectivity index (χ4v) is 2.99. The minimum atomic E-state index is 0.188. The molecule has 98 valence electrons. The largest absolute Gasteiger partial charge is 0.294 e. The quantitative estimate of drug-likeness (QED) is 0.743. The normalized spacial score (nSPS) is 10.5. The maximum atomic E-state index is 12.5. The number of ketones is 1. The average Bonchev–Trinajstić information content (AvgIpc) is 2.27. The van der Waals surface area contributed by atoms with Gasteiger partial charge in [0, 0.05) is 16.5 Å². The van der Waals surface area contributed by atoms with E-state index in [0.717, 1.165) is 26.7 Å². The van der Waals surface area contributed by atoms with Gasteiger partial charge in [0.15, 0.2) is 5.78 Å². The summed E-state index contributed by atoms with van der Waals surface area (Å²) in [6.07, 6.45) is 0.449. The van der Waals surface area contributed by atoms with Crippen LogP contribution in [0, 0.1) is 20.8 Å². The lowest BCUT2D eigenvalue weighted by atomic mass is 9.93. The summed E-state index contributed by atoms with van der Waals surface area (Å²) in [7, 11) is 0. The number of carbonyl (C=O) groups is 1. The summed E-state index contributed by atoms with van der Waals surface area (Å²) in [5.74, 6) is 0.188. The Labute approximate surface area is 122 Å². The maximum Gasteiger partial charge on any atom is 0.167 e. The highest BCUT2D eigenvalue weighted by Crippen LogP contribution is 2.20. The van der Waals surface area contributed by atoms with E-state index in [1.165, 1.54) is 5.56 Å². The topological polar surface area (TPSA) is 17.1 Å². The zero-order valence-electron chi connectivity index (χ0n) is 11.5. The first-order valence-corrected chi connectivity index (χ1v) is 7.12. The van der Waals surface area contributed by atoms with Crippen molar-refractivity contribution in [1.29, 1.82) is 0 Å². The highest BCUT2D eigenvalue weighted by molar-refractivity contribution is 9.10. The predicted molar refractivity (Wildman–Crippen MR) is 82.8 cm³/mol. The van der Waals surface area contributed by atoms with E-state index >= 15 is 0 Å². The SMILES string of the molecule is Cc1cc(C)c(C(=O)Cc2cccc(Br)c2)c(C)c1. The van der Waals surface area contributed by atoms with Crippen LogP contribution in [0.2, 0.25) is 0 Å². The number of hydrogen-bond acceptors (Lipinski definition) is 1. The average molecular weight is 317 g/mol. The summed E-state index contributed by atoms with van der Waals surface area (Å²) in [6, 6.07) is 12.1. The third kappa shape index (κ3) is 3.32. The van der Waals surface area contributed by atoms with E-state index in [4.69, 9.17) is 0 Å². The molecule has 0 fully saturated rings. The zero-order valence-corrected chi connectivity index (χ0v) is 13.0. The van der Waals surface area contributed by atoms with Gasteiger partial charge in [-0.2, -0.15) is 0 Å². The van der Waals surface area contributed by atoms with Crippen molar-refractivity contribution in [3.05, 3.63) is 68.7 Å². The molecule has 0 amide bonds. The molecule has 0 bridgehead atoms. The molecule has 19 heavy (non-hydrogen) atoms. The lowest BCUT2D eigenvalue weighted by Crippen LogP contribution is -2.08. The second-order valence-electron chi connectivity index (χ2n) is 5.00. The zero-order chi connectivity index (χ0) is 14.0. The van der Waals surface area contributed by atoms with Crippen LogP contribution in [-0.2, 0) is 6.42 Å². The lowest BCUT2D eigenvalue weighted by Gasteiger charge is -2.10. The van der Waals surface area contributed by atoms with Crippen LogP contribution in [0.1, 0.15) is 32.6 Å². The smallest absolute Gasteiger partial charge is 0.167 e. The van der Waals surface area contributed by atoms with Crippen molar-refractivity contribution in [2.24, 2.45) is 0 Å². The van der Waals surface area contributed by atoms with Gasteiger partial charge in [0.05, 0.1) is 0 Å². The lowest BCUT2D eigenvalue weighted by molar-refractivity contribution is 0.0992. The third-order valence-electron chi connectivity index (χ3n) is 3.21. The summed E-state index contributed by atoms with van der Waals surface area (Å²) >= 11 is 3.44. The van der Waals surface area contributed by atoms with Crippen LogP contribution in [-0.4, -0.2) is 5.78 Å². The van der Waals surface area contributed by atoms with Crippen molar-refractivity contribution in [1.82, 2.24) is 0 Å². The van der Waals surface area contributed by atoms with Crippen LogP contribution in [0.3, 0.4) is 0 Å². The molecule has 2 aromatic carbocycles. The first-order chi connectivity index (χ1) is 8.97. The van der Waals surface area contributed by atoms with Crippen molar-refractivity contribution in [2.45, 2.75) is 27.2 Å². The van der Waals surface area contributed by atoms with Crippen molar-refractivity contribution in [2.75, 3.05) is 0 Å². The van der Waals surface area contributed by atoms with Crippen LogP contribution >= 0.6 is 15.9 Å². The third-order valence-corrected chi connectivity index (χ3v) is 3.70. The van der Waals surface area contributed by atoms with Gasteiger partial charge in [0.2, 0.25) is 0 Å². The Morgan fingerprint density at radius 2 is 1.68 bits per heavy atom. The Kier molecular flexibility index (Phi) is 4.20. The molecular weight excluding hydrogens is 300 g/mol. The van der Waals surface area contributed by atoms with Crippen molar-refractivity contribution < 1.29 is 4.79 Å². The number of rotatable bonds is 3. The molecular formula is C17H17BrO. The second kappa shape index (κ2) is 5.70. The van der Waals surface area contributed by atoms with E-state index in [1.54, 1.807) is 0 Å². The number of aryl methyl sites for hydroxylation is 3. The van der Waals surface area contributed by atoms with Gasteiger partial charge in [-0.25, -0.2) is 0 Å². The first-order valence-electron chi connectivity index (χ1n) is 6.33. The maximum absolute atomic E-state index is 12.5. The van der Waals surface area contributed by atoms with E-state index in [2.05, 4.69) is 35.0 Å². The van der Waals surface area contributed by atoms with Gasteiger partial charge in [-0.15, -0.1) is 0 Å². The van der Waals surface area contributed by atoms with Gasteiger partial charge >= 0.3 is 0 Å². The van der Waals surface area contributed by atoms with Crippen LogP contribution in [0.25, 0.3) is 0 Å². The van der Waals surface area contributed by atoms with Gasteiger partial charge in [0.25, 0.3) is 0 Å². The fraction of sp³-hybridized carbons (Fsp3) is 0.235. The molecule has 0 heterocycles. The van der Waals surface area contributed by atoms with Gasteiger partial charge in [-0.05, 0) is 49.6 Å². The Bertz CT molecular complexity index is 606. The van der Waals surface area contributed by atoms with Crippen molar-refractivity contribution >= 4 is 21.7 Å². The van der Waals surface area contributed by atoms with E-state index < -0.39 is 0 Å². The number of halogens is 1. The van der Waals surface area contributed by atoms with Crippen LogP contribution in [0.4, 0.5) is 0 Å². The monoisotopic (exact) mass is 316 g/mol. The molecule has 0 aliphatic carbocycles. The molecule has 0 saturated heterocycles. The highest BCUT2D eigenvalue weighted by Gasteiger charge is 2.13. The molecule has 1 nitrogen and oxygen atoms in total. The second-order valence-corrected chi connectivity index (χ2v) is 5.92. The minimum Gasteiger partial charge on any atom is -0.294 e. The molecule has 0 aliphatic rings. The Balaban J connectivity index is 2.31. The van der Waals surface area contributed by atoms with E-state index in [9.17, 15) is 4.79 Å². The number of Topliss-reactive ketones (excluding diaryl/α,β-unsaturated/α-hetero) is 1. The van der Waals surface area contributed by atoms with Gasteiger partial charge in [-0.3, -0.25) is 4.79 Å². The molecule has 0 radical (unpaired) electrons. The number of benzene rings is 2. The first kappa shape index (κ1) is 14.0. The standard InChI is InChI=1S/C17H17BrO/c1-11-7-12(2)17(13(3)8-11)16(19)10-14-5-4-6-15(18)9-14/h4-9H,10H2,1-3H3. The molecule has 2 aromatic rings. The summed E-state index contributed by atoms with van der Waals surface area (Å²) in [5, 5.41) is 0. The van der Waals surface area contributed by atoms with Gasteiger partial charge in [-0.1, -0.05) is 45.8 Å². The Morgan fingerprint density at radius 3 is 2.26 bits per heavy atom. The summed E-state index contributed by atoms with van der Waals surface area (Å²) in [6.45, 7) is 6.07. The van der Waals surface area contributed by atoms with E-state index in [-0.39, 0.29) is 5.78 Å². The Hall–Kier alpha value is -1.41. The molecule has 2 rings (SSSR count). The minimum absolute atomic E-state index is 0.188. The predicted octanol–water partition coefficient (Wildman–Crippen LogP) is 4.80. The molecule has 0 spiro atoms. The van der Waals surface area contributed by atoms with Gasteiger partial charge in [0.1, 0.15) is 0 Å². The highest BCUT2D eigenvalue weighted by atomic mass is 79.9. The fourth-order valence-electron chi connectivity index (χ4n) is 2.54. The van der Waals surface area contributed by atoms with Crippen molar-refractivity contribution in [3.63, 3.8) is 0 Å². The van der Waals surface area contributed by atoms with Crippen LogP contribution < -0.4 is 0 Å². The molecule has 0 unspecified atom stereocenters. The summed E-state index contributed by atoms with van der Waals surface area (Å²) in [4.78, 5) is 12.5. The van der Waals surface area contributed by atoms with Crippen LogP contribution in [0.5, 0.6) is 0 Å². The van der Waals surface area contributed by atoms with E-state index in [0.29, 0.717) is 6.42 Å². The number of carbonyl (C=O) groups excluding carboxylic acids is 1.